The van der Waals surface area contributed by atoms with Crippen molar-refractivity contribution >= 4 is 21.7 Å². The Bertz CT molecular complexity index is 1330. The van der Waals surface area contributed by atoms with Gasteiger partial charge in [-0.25, -0.2) is 9.00 Å². The predicted octanol–water partition coefficient (Wildman–Crippen LogP) is 6.09. The molecule has 2 atom stereocenters. The molecule has 0 bridgehead atoms. The number of hydrogen-bond donors (Lipinski definition) is 1. The number of carbonyl (C=O) groups excluding carboxylic acids is 2. The standard InChI is InChI=1S/C29H34N2O4S/c1-20-11-10-12-21(2)26(20)23-15-17-24(18-16-23)36(6,34)31-27(32)25(19-22-13-8-7-9-14-22)30-28(33)35-29(3,4)5/h7-18,25H,19H2,1-6H3,(H,30,33)/t25-,36?/m0/s1. The molecule has 0 radical (unpaired) electrons. The number of ether oxygens (including phenoxy) is 1. The van der Waals surface area contributed by atoms with Crippen molar-refractivity contribution in [1.29, 1.82) is 0 Å². The van der Waals surface area contributed by atoms with Gasteiger partial charge in [-0.15, -0.1) is 0 Å². The molecule has 7 heteroatoms. The van der Waals surface area contributed by atoms with Crippen LogP contribution in [-0.2, 0) is 25.7 Å². The van der Waals surface area contributed by atoms with Crippen LogP contribution >= 0.6 is 0 Å². The van der Waals surface area contributed by atoms with Crippen molar-refractivity contribution in [3.05, 3.63) is 89.5 Å². The van der Waals surface area contributed by atoms with Crippen LogP contribution in [0.2, 0.25) is 0 Å². The maximum atomic E-state index is 13.5. The Morgan fingerprint density at radius 3 is 2.06 bits per heavy atom. The van der Waals surface area contributed by atoms with Crippen molar-refractivity contribution in [2.24, 2.45) is 4.36 Å². The molecular formula is C29H34N2O4S. The minimum Gasteiger partial charge on any atom is -0.444 e. The Labute approximate surface area is 214 Å². The summed E-state index contributed by atoms with van der Waals surface area (Å²) < 4.78 is 22.9. The van der Waals surface area contributed by atoms with Gasteiger partial charge in [0.15, 0.2) is 0 Å². The normalized spacial score (nSPS) is 13.8. The Morgan fingerprint density at radius 2 is 1.50 bits per heavy atom. The Kier molecular flexibility index (Phi) is 8.35. The lowest BCUT2D eigenvalue weighted by Crippen LogP contribution is -2.44. The molecule has 190 valence electrons. The number of hydrogen-bond acceptors (Lipinski definition) is 4. The first-order chi connectivity index (χ1) is 16.9. The molecular weight excluding hydrogens is 472 g/mol. The molecule has 0 saturated heterocycles. The Morgan fingerprint density at radius 1 is 0.917 bits per heavy atom. The molecule has 6 nitrogen and oxygen atoms in total. The lowest BCUT2D eigenvalue weighted by molar-refractivity contribution is -0.119. The van der Waals surface area contributed by atoms with Gasteiger partial charge in [-0.2, -0.15) is 4.36 Å². The van der Waals surface area contributed by atoms with Crippen LogP contribution in [0.25, 0.3) is 11.1 Å². The first kappa shape index (κ1) is 27.1. The quantitative estimate of drug-likeness (QED) is 0.438. The van der Waals surface area contributed by atoms with Crippen LogP contribution < -0.4 is 5.32 Å². The molecule has 0 aromatic heterocycles. The summed E-state index contributed by atoms with van der Waals surface area (Å²) in [5, 5.41) is 2.61. The van der Waals surface area contributed by atoms with E-state index in [9.17, 15) is 13.8 Å². The van der Waals surface area contributed by atoms with Gasteiger partial charge in [-0.05, 0) is 74.6 Å². The van der Waals surface area contributed by atoms with Gasteiger partial charge in [0.25, 0.3) is 5.91 Å². The van der Waals surface area contributed by atoms with Gasteiger partial charge >= 0.3 is 6.09 Å². The topological polar surface area (TPSA) is 84.8 Å². The zero-order chi connectivity index (χ0) is 26.5. The molecule has 1 unspecified atom stereocenters. The summed E-state index contributed by atoms with van der Waals surface area (Å²) in [4.78, 5) is 26.1. The van der Waals surface area contributed by atoms with E-state index in [2.05, 4.69) is 35.7 Å². The van der Waals surface area contributed by atoms with E-state index < -0.39 is 33.4 Å². The smallest absolute Gasteiger partial charge is 0.408 e. The summed E-state index contributed by atoms with van der Waals surface area (Å²) in [6.45, 7) is 9.33. The molecule has 0 spiro atoms. The van der Waals surface area contributed by atoms with Crippen molar-refractivity contribution in [2.75, 3.05) is 6.26 Å². The summed E-state index contributed by atoms with van der Waals surface area (Å²) in [7, 11) is -3.05. The van der Waals surface area contributed by atoms with E-state index in [1.54, 1.807) is 32.9 Å². The van der Waals surface area contributed by atoms with Crippen LogP contribution in [0.15, 0.2) is 82.1 Å². The fraction of sp³-hybridized carbons (Fsp3) is 0.310. The Hall–Kier alpha value is -3.45. The number of nitrogens with one attached hydrogen (secondary N) is 1. The first-order valence-corrected chi connectivity index (χ1v) is 13.7. The van der Waals surface area contributed by atoms with Crippen molar-refractivity contribution in [2.45, 2.75) is 57.6 Å². The largest absolute Gasteiger partial charge is 0.444 e. The van der Waals surface area contributed by atoms with Gasteiger partial charge in [0, 0.05) is 17.6 Å². The van der Waals surface area contributed by atoms with Crippen molar-refractivity contribution < 1.29 is 18.5 Å². The first-order valence-electron chi connectivity index (χ1n) is 11.8. The summed E-state index contributed by atoms with van der Waals surface area (Å²) in [5.74, 6) is -0.670. The van der Waals surface area contributed by atoms with E-state index in [1.807, 2.05) is 48.5 Å². The summed E-state index contributed by atoms with van der Waals surface area (Å²) in [6.07, 6.45) is 0.905. The second-order valence-electron chi connectivity index (χ2n) is 9.91. The highest BCUT2D eigenvalue weighted by Gasteiger charge is 2.26. The number of rotatable bonds is 6. The van der Waals surface area contributed by atoms with Gasteiger partial charge in [0.1, 0.15) is 11.6 Å². The molecule has 0 aliphatic heterocycles. The number of aryl methyl sites for hydroxylation is 2. The summed E-state index contributed by atoms with van der Waals surface area (Å²) in [6, 6.07) is 21.7. The van der Waals surface area contributed by atoms with Crippen molar-refractivity contribution in [3.63, 3.8) is 0 Å². The minimum atomic E-state index is -3.05. The highest BCUT2D eigenvalue weighted by Crippen LogP contribution is 2.28. The molecule has 3 aromatic carbocycles. The average molecular weight is 507 g/mol. The van der Waals surface area contributed by atoms with Crippen LogP contribution in [-0.4, -0.2) is 34.1 Å². The van der Waals surface area contributed by atoms with Crippen LogP contribution in [0.1, 0.15) is 37.5 Å². The van der Waals surface area contributed by atoms with E-state index in [0.29, 0.717) is 4.90 Å². The third-order valence-electron chi connectivity index (χ3n) is 5.60. The summed E-state index contributed by atoms with van der Waals surface area (Å²) >= 11 is 0. The molecule has 3 rings (SSSR count). The van der Waals surface area contributed by atoms with Gasteiger partial charge < -0.3 is 10.1 Å². The highest BCUT2D eigenvalue weighted by atomic mass is 32.2. The number of carbonyl (C=O) groups is 2. The van der Waals surface area contributed by atoms with E-state index >= 15 is 0 Å². The second-order valence-corrected chi connectivity index (χ2v) is 12.2. The third kappa shape index (κ3) is 7.28. The Balaban J connectivity index is 1.89. The zero-order valence-corrected chi connectivity index (χ0v) is 22.5. The van der Waals surface area contributed by atoms with Gasteiger partial charge in [-0.1, -0.05) is 60.7 Å². The van der Waals surface area contributed by atoms with Crippen LogP contribution in [0.4, 0.5) is 4.79 Å². The van der Waals surface area contributed by atoms with Gasteiger partial charge in [0.05, 0.1) is 9.73 Å². The van der Waals surface area contributed by atoms with E-state index in [0.717, 1.165) is 27.8 Å². The monoisotopic (exact) mass is 506 g/mol. The molecule has 36 heavy (non-hydrogen) atoms. The number of benzene rings is 3. The SMILES string of the molecule is Cc1cccc(C)c1-c1ccc(S(C)(=O)=NC(=O)[C@H](Cc2ccccc2)NC(=O)OC(C)(C)C)cc1. The van der Waals surface area contributed by atoms with Crippen LogP contribution in [0.5, 0.6) is 0 Å². The zero-order valence-electron chi connectivity index (χ0n) is 21.7. The maximum Gasteiger partial charge on any atom is 0.408 e. The summed E-state index contributed by atoms with van der Waals surface area (Å²) in [5.41, 5.74) is 4.54. The molecule has 1 N–H and O–H groups in total. The molecule has 3 aromatic rings. The number of alkyl carbamates (subject to hydrolysis) is 1. The molecule has 0 aliphatic rings. The van der Waals surface area contributed by atoms with Gasteiger partial charge in [-0.3, -0.25) is 4.79 Å². The number of amides is 2. The fourth-order valence-electron chi connectivity index (χ4n) is 3.93. The average Bonchev–Trinajstić information content (AvgIpc) is 2.78. The van der Waals surface area contributed by atoms with Crippen molar-refractivity contribution in [1.82, 2.24) is 5.32 Å². The lowest BCUT2D eigenvalue weighted by atomic mass is 9.96. The van der Waals surface area contributed by atoms with Crippen LogP contribution in [0, 0.1) is 13.8 Å². The van der Waals surface area contributed by atoms with Gasteiger partial charge in [0.2, 0.25) is 0 Å². The lowest BCUT2D eigenvalue weighted by Gasteiger charge is -2.22. The van der Waals surface area contributed by atoms with E-state index in [-0.39, 0.29) is 6.42 Å². The third-order valence-corrected chi connectivity index (χ3v) is 7.27. The van der Waals surface area contributed by atoms with E-state index in [4.69, 9.17) is 4.74 Å². The number of nitrogens with zero attached hydrogens (tertiary/aromatic N) is 1. The molecule has 0 heterocycles. The maximum absolute atomic E-state index is 13.5. The predicted molar refractivity (Wildman–Crippen MR) is 144 cm³/mol. The second kappa shape index (κ2) is 11.1. The molecule has 0 aliphatic carbocycles. The fourth-order valence-corrected chi connectivity index (χ4v) is 5.15. The molecule has 0 fully saturated rings. The highest BCUT2D eigenvalue weighted by molar-refractivity contribution is 7.93. The minimum absolute atomic E-state index is 0.198. The van der Waals surface area contributed by atoms with E-state index in [1.165, 1.54) is 6.26 Å². The molecule has 0 saturated carbocycles. The van der Waals surface area contributed by atoms with Crippen LogP contribution in [0.3, 0.4) is 0 Å². The van der Waals surface area contributed by atoms with Crippen molar-refractivity contribution in [3.8, 4) is 11.1 Å². The molecule has 2 amide bonds.